The molecule has 0 heterocycles. The zero-order valence-electron chi connectivity index (χ0n) is 18.0. The molecule has 0 radical (unpaired) electrons. The number of hydrogen-bond acceptors (Lipinski definition) is 0. The first kappa shape index (κ1) is 29.5. The van der Waals surface area contributed by atoms with E-state index in [0.717, 1.165) is 5.92 Å². The van der Waals surface area contributed by atoms with E-state index >= 15 is 0 Å². The van der Waals surface area contributed by atoms with Gasteiger partial charge in [-0.3, -0.25) is 6.08 Å². The van der Waals surface area contributed by atoms with Crippen LogP contribution in [0.5, 0.6) is 0 Å². The molecule has 2 aliphatic carbocycles. The van der Waals surface area contributed by atoms with Crippen molar-refractivity contribution in [3.8, 4) is 0 Å². The van der Waals surface area contributed by atoms with Gasteiger partial charge >= 0.3 is 26.2 Å². The van der Waals surface area contributed by atoms with Crippen LogP contribution >= 0.6 is 0 Å². The second-order valence-corrected chi connectivity index (χ2v) is 8.26. The molecule has 3 rings (SSSR count). The van der Waals surface area contributed by atoms with Crippen molar-refractivity contribution in [3.63, 3.8) is 0 Å². The van der Waals surface area contributed by atoms with Gasteiger partial charge in [-0.05, 0) is 0 Å². The standard InChI is InChI=1S/C14H21.C10H15.2ClH.Zr/c1-2-3-6-12-9-10-14(11-12)13-7-4-5-8-13;1-7-6-10(4,5)9(3)8(7)2;;;/h9-11,13H,2-8H2,1H3;1-5H3;2*1H;/q2*-1;;;+4/p-2. The van der Waals surface area contributed by atoms with Crippen LogP contribution in [0.15, 0.2) is 34.9 Å². The number of rotatable bonds is 4. The first-order valence-corrected chi connectivity index (χ1v) is 9.90. The summed E-state index contributed by atoms with van der Waals surface area (Å²) in [6.07, 6.45) is 13.1. The summed E-state index contributed by atoms with van der Waals surface area (Å²) >= 11 is 0. The Morgan fingerprint density at radius 3 is 2.11 bits per heavy atom. The van der Waals surface area contributed by atoms with Crippen molar-refractivity contribution in [2.45, 2.75) is 92.4 Å². The van der Waals surface area contributed by atoms with Crippen molar-refractivity contribution >= 4 is 0 Å². The molecule has 0 bridgehead atoms. The molecule has 1 aromatic carbocycles. The smallest absolute Gasteiger partial charge is 1.00 e. The molecule has 1 fully saturated rings. The van der Waals surface area contributed by atoms with Gasteiger partial charge in [0.2, 0.25) is 0 Å². The molecule has 2 aliphatic rings. The maximum Gasteiger partial charge on any atom is 4.00 e. The Bertz CT molecular complexity index is 602. The van der Waals surface area contributed by atoms with Gasteiger partial charge in [0.25, 0.3) is 0 Å². The van der Waals surface area contributed by atoms with Crippen molar-refractivity contribution in [2.75, 3.05) is 0 Å². The fraction of sp³-hybridized carbons (Fsp3) is 0.625. The van der Waals surface area contributed by atoms with Crippen LogP contribution < -0.4 is 24.8 Å². The fourth-order valence-corrected chi connectivity index (χ4v) is 3.97. The quantitative estimate of drug-likeness (QED) is 0.567. The van der Waals surface area contributed by atoms with Crippen molar-refractivity contribution in [2.24, 2.45) is 5.41 Å². The monoisotopic (exact) mass is 484 g/mol. The average molecular weight is 487 g/mol. The largest absolute Gasteiger partial charge is 4.00 e. The van der Waals surface area contributed by atoms with Crippen LogP contribution in [0.25, 0.3) is 0 Å². The van der Waals surface area contributed by atoms with Crippen LogP contribution in [0.2, 0.25) is 0 Å². The molecule has 0 saturated heterocycles. The van der Waals surface area contributed by atoms with Crippen molar-refractivity contribution in [3.05, 3.63) is 52.1 Å². The van der Waals surface area contributed by atoms with Crippen molar-refractivity contribution in [1.29, 1.82) is 0 Å². The molecule has 0 unspecified atom stereocenters. The molecule has 1 saturated carbocycles. The molecule has 150 valence electrons. The topological polar surface area (TPSA) is 0 Å². The zero-order valence-corrected chi connectivity index (χ0v) is 22.0. The summed E-state index contributed by atoms with van der Waals surface area (Å²) in [6, 6.07) is 7.15. The van der Waals surface area contributed by atoms with E-state index in [0.29, 0.717) is 0 Å². The number of aryl methyl sites for hydroxylation is 1. The van der Waals surface area contributed by atoms with Crippen LogP contribution in [0.1, 0.15) is 97.1 Å². The van der Waals surface area contributed by atoms with E-state index in [1.54, 1.807) is 11.1 Å². The fourth-order valence-electron chi connectivity index (χ4n) is 3.97. The van der Waals surface area contributed by atoms with E-state index in [1.807, 2.05) is 0 Å². The number of allylic oxidation sites excluding steroid dienone is 4. The third-order valence-electron chi connectivity index (χ3n) is 6.05. The molecule has 0 aromatic heterocycles. The zero-order chi connectivity index (χ0) is 17.7. The van der Waals surface area contributed by atoms with Gasteiger partial charge in [-0.25, -0.2) is 11.6 Å². The number of halogens is 2. The summed E-state index contributed by atoms with van der Waals surface area (Å²) in [7, 11) is 0. The van der Waals surface area contributed by atoms with Gasteiger partial charge in [0.15, 0.2) is 0 Å². The van der Waals surface area contributed by atoms with Crippen LogP contribution in [0, 0.1) is 11.5 Å². The van der Waals surface area contributed by atoms with Gasteiger partial charge < -0.3 is 24.8 Å². The van der Waals surface area contributed by atoms with Gasteiger partial charge in [0, 0.05) is 0 Å². The number of unbranched alkanes of at least 4 members (excludes halogenated alkanes) is 1. The molecule has 3 heteroatoms. The van der Waals surface area contributed by atoms with Gasteiger partial charge in [-0.2, -0.15) is 34.4 Å². The van der Waals surface area contributed by atoms with Gasteiger partial charge in [0.05, 0.1) is 0 Å². The van der Waals surface area contributed by atoms with Crippen molar-refractivity contribution in [1.82, 2.24) is 0 Å². The van der Waals surface area contributed by atoms with E-state index in [4.69, 9.17) is 0 Å². The Kier molecular flexibility index (Phi) is 14.8. The molecule has 0 N–H and O–H groups in total. The minimum Gasteiger partial charge on any atom is -1.00 e. The Morgan fingerprint density at radius 2 is 1.70 bits per heavy atom. The van der Waals surface area contributed by atoms with E-state index in [2.05, 4.69) is 65.8 Å². The molecule has 0 amide bonds. The Morgan fingerprint density at radius 1 is 1.11 bits per heavy atom. The predicted octanol–water partition coefficient (Wildman–Crippen LogP) is 1.52. The van der Waals surface area contributed by atoms with Gasteiger partial charge in [-0.15, -0.1) is 6.92 Å². The third-order valence-corrected chi connectivity index (χ3v) is 6.05. The Hall–Kier alpha value is 0.293. The van der Waals surface area contributed by atoms with E-state index in [1.165, 1.54) is 61.7 Å². The molecular formula is C24H36Cl2Zr. The van der Waals surface area contributed by atoms with Gasteiger partial charge in [0.1, 0.15) is 0 Å². The predicted molar refractivity (Wildman–Crippen MR) is 106 cm³/mol. The van der Waals surface area contributed by atoms with E-state index in [9.17, 15) is 0 Å². The van der Waals surface area contributed by atoms with Crippen LogP contribution in [0.4, 0.5) is 0 Å². The summed E-state index contributed by atoms with van der Waals surface area (Å²) in [5.74, 6) is 0.894. The van der Waals surface area contributed by atoms with Gasteiger partial charge in [-0.1, -0.05) is 90.9 Å². The Labute approximate surface area is 200 Å². The molecule has 0 nitrogen and oxygen atoms in total. The molecule has 27 heavy (non-hydrogen) atoms. The second kappa shape index (κ2) is 13.5. The molecule has 1 aromatic rings. The summed E-state index contributed by atoms with van der Waals surface area (Å²) < 4.78 is 0. The first-order chi connectivity index (χ1) is 11.3. The maximum absolute atomic E-state index is 3.44. The van der Waals surface area contributed by atoms with Crippen LogP contribution in [-0.4, -0.2) is 0 Å². The average Bonchev–Trinajstić information content (AvgIpc) is 3.25. The molecular weight excluding hydrogens is 450 g/mol. The van der Waals surface area contributed by atoms with Crippen LogP contribution in [0.3, 0.4) is 0 Å². The van der Waals surface area contributed by atoms with Crippen LogP contribution in [-0.2, 0) is 32.6 Å². The second-order valence-electron chi connectivity index (χ2n) is 8.26. The first-order valence-electron chi connectivity index (χ1n) is 9.90. The summed E-state index contributed by atoms with van der Waals surface area (Å²) in [5.41, 5.74) is 7.58. The van der Waals surface area contributed by atoms with Crippen molar-refractivity contribution < 1.29 is 51.0 Å². The SMILES string of the molecule is CC1=[C-]C(C)(C)C(C)=C1C.CCCC[c-]1ccc(C2CCCC2)c1.[Cl-].[Cl-].[Zr+4]. The molecule has 0 spiro atoms. The summed E-state index contributed by atoms with van der Waals surface area (Å²) in [4.78, 5) is 0. The normalized spacial score (nSPS) is 17.9. The minimum atomic E-state index is 0. The molecule has 0 atom stereocenters. The third kappa shape index (κ3) is 8.28. The summed E-state index contributed by atoms with van der Waals surface area (Å²) in [6.45, 7) is 13.2. The number of hydrogen-bond donors (Lipinski definition) is 0. The Balaban J connectivity index is 0. The maximum atomic E-state index is 3.44. The minimum absolute atomic E-state index is 0. The molecule has 0 aliphatic heterocycles. The van der Waals surface area contributed by atoms with E-state index in [-0.39, 0.29) is 56.4 Å². The summed E-state index contributed by atoms with van der Waals surface area (Å²) in [5, 5.41) is 0. The van der Waals surface area contributed by atoms with E-state index < -0.39 is 0 Å².